The Morgan fingerprint density at radius 2 is 1.60 bits per heavy atom. The van der Waals surface area contributed by atoms with Crippen LogP contribution in [-0.4, -0.2) is 31.5 Å². The summed E-state index contributed by atoms with van der Waals surface area (Å²) in [6, 6.07) is 20.0. The van der Waals surface area contributed by atoms with Crippen LogP contribution in [0.15, 0.2) is 81.5 Å². The average molecular weight is 395 g/mol. The van der Waals surface area contributed by atoms with Crippen LogP contribution in [0.3, 0.4) is 0 Å². The number of primary amides is 1. The average Bonchev–Trinajstić information content (AvgIpc) is 3.00. The Balaban J connectivity index is 1.97. The zero-order valence-corrected chi connectivity index (χ0v) is 15.0. The molecule has 0 radical (unpaired) electrons. The molecule has 1 unspecified atom stereocenters. The van der Waals surface area contributed by atoms with Crippen LogP contribution in [0.5, 0.6) is 0 Å². The molecule has 0 bridgehead atoms. The van der Waals surface area contributed by atoms with E-state index >= 15 is 0 Å². The van der Waals surface area contributed by atoms with Gasteiger partial charge in [0.25, 0.3) is 0 Å². The number of hydrogen-bond acceptors (Lipinski definition) is 4. The molecule has 5 N–H and O–H groups in total. The molecule has 0 spiro atoms. The summed E-state index contributed by atoms with van der Waals surface area (Å²) < 4.78 is 0.526. The van der Waals surface area contributed by atoms with E-state index in [9.17, 15) is 4.79 Å². The Bertz CT molecular complexity index is 932. The molecule has 124 valence electrons. The summed E-state index contributed by atoms with van der Waals surface area (Å²) in [5, 5.41) is 4.62. The van der Waals surface area contributed by atoms with Gasteiger partial charge in [-0.3, -0.25) is 0 Å². The molecular formula is C19H16N4OSe. The molecule has 2 aliphatic heterocycles. The first-order valence-corrected chi connectivity index (χ1v) is 9.66. The molecule has 4 rings (SSSR count). The Morgan fingerprint density at radius 1 is 1.00 bits per heavy atom. The number of hydrazone groups is 1. The summed E-state index contributed by atoms with van der Waals surface area (Å²) in [6.45, 7) is 0. The van der Waals surface area contributed by atoms with Crippen molar-refractivity contribution >= 4 is 32.1 Å². The normalized spacial score (nSPS) is 19.4. The first kappa shape index (κ1) is 15.7. The standard InChI is InChI=1S/C19H16N4OSe/c20-15-14-13(11-7-3-1-4-8-11)16(12-9-5-2-6-10-12)22-23-19(14)25-17(15)18(21)24/h1-10,19,23H,20H2,(H2,21,24). The van der Waals surface area contributed by atoms with Gasteiger partial charge in [0.1, 0.15) is 0 Å². The van der Waals surface area contributed by atoms with Gasteiger partial charge in [0.05, 0.1) is 0 Å². The van der Waals surface area contributed by atoms with E-state index in [1.54, 1.807) is 0 Å². The number of benzene rings is 2. The second-order valence-corrected chi connectivity index (χ2v) is 8.06. The van der Waals surface area contributed by atoms with Gasteiger partial charge >= 0.3 is 151 Å². The van der Waals surface area contributed by atoms with Crippen molar-refractivity contribution in [3.8, 4) is 0 Å². The van der Waals surface area contributed by atoms with Gasteiger partial charge in [0.15, 0.2) is 0 Å². The van der Waals surface area contributed by atoms with Gasteiger partial charge in [0, 0.05) is 0 Å². The molecule has 1 atom stereocenters. The van der Waals surface area contributed by atoms with Crippen LogP contribution in [-0.2, 0) is 4.79 Å². The van der Waals surface area contributed by atoms with Gasteiger partial charge in [-0.05, 0) is 0 Å². The third kappa shape index (κ3) is 2.65. The van der Waals surface area contributed by atoms with E-state index < -0.39 is 5.91 Å². The molecule has 6 heteroatoms. The summed E-state index contributed by atoms with van der Waals surface area (Å²) in [5.41, 5.74) is 20.3. The topological polar surface area (TPSA) is 93.5 Å². The van der Waals surface area contributed by atoms with E-state index in [1.807, 2.05) is 60.7 Å². The van der Waals surface area contributed by atoms with Crippen LogP contribution in [0.1, 0.15) is 11.1 Å². The van der Waals surface area contributed by atoms with Crippen LogP contribution >= 0.6 is 0 Å². The van der Waals surface area contributed by atoms with Gasteiger partial charge in [-0.2, -0.15) is 0 Å². The fraction of sp³-hybridized carbons (Fsp3) is 0.0526. The molecule has 5 nitrogen and oxygen atoms in total. The van der Waals surface area contributed by atoms with Crippen molar-refractivity contribution in [2.24, 2.45) is 16.6 Å². The van der Waals surface area contributed by atoms with Crippen molar-refractivity contribution in [3.63, 3.8) is 0 Å². The van der Waals surface area contributed by atoms with Crippen molar-refractivity contribution in [2.75, 3.05) is 0 Å². The Morgan fingerprint density at radius 3 is 2.20 bits per heavy atom. The van der Waals surface area contributed by atoms with Crippen molar-refractivity contribution in [1.82, 2.24) is 5.43 Å². The predicted octanol–water partition coefficient (Wildman–Crippen LogP) is 1.15. The molecule has 1 amide bonds. The maximum absolute atomic E-state index is 11.8. The molecule has 25 heavy (non-hydrogen) atoms. The molecule has 2 aromatic rings. The minimum atomic E-state index is -0.449. The predicted molar refractivity (Wildman–Crippen MR) is 99.4 cm³/mol. The molecular weight excluding hydrogens is 379 g/mol. The van der Waals surface area contributed by atoms with Crippen LogP contribution in [0.25, 0.3) is 5.57 Å². The van der Waals surface area contributed by atoms with Crippen LogP contribution in [0.2, 0.25) is 0 Å². The van der Waals surface area contributed by atoms with E-state index in [1.165, 1.54) is 0 Å². The van der Waals surface area contributed by atoms with Gasteiger partial charge in [-0.25, -0.2) is 0 Å². The second-order valence-electron chi connectivity index (χ2n) is 5.72. The molecule has 2 aliphatic rings. The summed E-state index contributed by atoms with van der Waals surface area (Å²) in [4.78, 5) is 11.7. The Hall–Kier alpha value is -2.82. The van der Waals surface area contributed by atoms with E-state index in [0.717, 1.165) is 28.0 Å². The number of hydrogen-bond donors (Lipinski definition) is 3. The second kappa shape index (κ2) is 6.24. The summed E-state index contributed by atoms with van der Waals surface area (Å²) in [6.07, 6.45) is 0. The fourth-order valence-electron chi connectivity index (χ4n) is 3.06. The van der Waals surface area contributed by atoms with Crippen molar-refractivity contribution < 1.29 is 4.79 Å². The number of amides is 1. The number of allylic oxidation sites excluding steroid dienone is 1. The number of nitrogens with two attached hydrogens (primary N) is 2. The summed E-state index contributed by atoms with van der Waals surface area (Å²) in [7, 11) is 0. The molecule has 2 aromatic carbocycles. The van der Waals surface area contributed by atoms with Crippen LogP contribution in [0, 0.1) is 0 Å². The first-order valence-electron chi connectivity index (χ1n) is 7.82. The SMILES string of the molecule is NC(=O)C1=C(N)C2=C(c3ccccc3)C(c3ccccc3)=NNC2[Se]1. The zero-order chi connectivity index (χ0) is 17.4. The Kier molecular flexibility index (Phi) is 3.92. The van der Waals surface area contributed by atoms with Crippen LogP contribution in [0.4, 0.5) is 0 Å². The number of nitrogens with one attached hydrogen (secondary N) is 1. The molecule has 0 aliphatic carbocycles. The monoisotopic (exact) mass is 396 g/mol. The maximum atomic E-state index is 11.8. The van der Waals surface area contributed by atoms with Gasteiger partial charge < -0.3 is 0 Å². The molecule has 0 saturated carbocycles. The molecule has 0 fully saturated rings. The zero-order valence-electron chi connectivity index (χ0n) is 13.3. The van der Waals surface area contributed by atoms with Crippen LogP contribution < -0.4 is 16.9 Å². The van der Waals surface area contributed by atoms with E-state index in [4.69, 9.17) is 11.5 Å². The van der Waals surface area contributed by atoms with E-state index in [2.05, 4.69) is 10.5 Å². The fourth-order valence-corrected chi connectivity index (χ4v) is 5.28. The summed E-state index contributed by atoms with van der Waals surface area (Å²) in [5.74, 6) is -0.449. The van der Waals surface area contributed by atoms with Crippen molar-refractivity contribution in [3.05, 3.63) is 87.5 Å². The number of rotatable bonds is 3. The third-order valence-corrected chi connectivity index (χ3v) is 6.75. The Labute approximate surface area is 151 Å². The van der Waals surface area contributed by atoms with Crippen molar-refractivity contribution in [2.45, 2.75) is 4.94 Å². The van der Waals surface area contributed by atoms with Gasteiger partial charge in [-0.15, -0.1) is 0 Å². The molecule has 2 heterocycles. The number of carbonyl (C=O) groups is 1. The molecule has 0 saturated heterocycles. The van der Waals surface area contributed by atoms with Gasteiger partial charge in [0.2, 0.25) is 0 Å². The minimum absolute atomic E-state index is 0.0716. The molecule has 0 aromatic heterocycles. The quantitative estimate of drug-likeness (QED) is 0.681. The first-order chi connectivity index (χ1) is 12.2. The van der Waals surface area contributed by atoms with Crippen molar-refractivity contribution in [1.29, 1.82) is 0 Å². The number of nitrogens with zero attached hydrogens (tertiary/aromatic N) is 1. The number of fused-ring (bicyclic) bond motifs is 1. The van der Waals surface area contributed by atoms with E-state index in [-0.39, 0.29) is 19.9 Å². The summed E-state index contributed by atoms with van der Waals surface area (Å²) >= 11 is -0.184. The third-order valence-electron chi connectivity index (χ3n) is 4.17. The van der Waals surface area contributed by atoms with Gasteiger partial charge in [-0.1, -0.05) is 0 Å². The van der Waals surface area contributed by atoms with E-state index in [0.29, 0.717) is 10.2 Å². The number of carbonyl (C=O) groups excluding carboxylic acids is 1.